The molecule has 11 heteroatoms. The molecule has 1 amide bonds. The number of nitrogens with zero attached hydrogens (tertiary/aromatic N) is 4. The Morgan fingerprint density at radius 2 is 1.48 bits per heavy atom. The van der Waals surface area contributed by atoms with Crippen LogP contribution in [0.1, 0.15) is 16.8 Å². The number of sulfonamides is 1. The van der Waals surface area contributed by atoms with Crippen molar-refractivity contribution in [2.45, 2.75) is 18.4 Å². The monoisotopic (exact) mass is 609 g/mol. The van der Waals surface area contributed by atoms with Crippen molar-refractivity contribution in [1.29, 1.82) is 0 Å². The van der Waals surface area contributed by atoms with E-state index in [0.29, 0.717) is 29.3 Å². The summed E-state index contributed by atoms with van der Waals surface area (Å²) < 4.78 is 37.2. The second-order valence-electron chi connectivity index (χ2n) is 9.87. The minimum Gasteiger partial charge on any atom is -0.489 e. The number of benzene rings is 4. The Labute approximate surface area is 255 Å². The van der Waals surface area contributed by atoms with E-state index in [-0.39, 0.29) is 10.6 Å². The van der Waals surface area contributed by atoms with Crippen LogP contribution in [0.2, 0.25) is 0 Å². The predicted octanol–water partition coefficient (Wildman–Crippen LogP) is 4.41. The van der Waals surface area contributed by atoms with Crippen LogP contribution in [0.5, 0.6) is 5.75 Å². The highest BCUT2D eigenvalue weighted by atomic mass is 32.2. The van der Waals surface area contributed by atoms with Crippen molar-refractivity contribution in [1.82, 2.24) is 14.8 Å². The van der Waals surface area contributed by atoms with Gasteiger partial charge in [-0.2, -0.15) is 5.10 Å². The summed E-state index contributed by atoms with van der Waals surface area (Å²) in [6.45, 7) is 1.40. The van der Waals surface area contributed by atoms with Gasteiger partial charge in [-0.3, -0.25) is 14.3 Å². The number of carbonyl (C=O) groups excluding carboxylic acids is 1. The fourth-order valence-corrected chi connectivity index (χ4v) is 6.07. The van der Waals surface area contributed by atoms with Crippen LogP contribution in [0.25, 0.3) is 5.69 Å². The maximum atomic E-state index is 13.8. The Morgan fingerprint density at radius 3 is 2.11 bits per heavy atom. The first-order valence-corrected chi connectivity index (χ1v) is 15.2. The van der Waals surface area contributed by atoms with E-state index in [1.54, 1.807) is 85.4 Å². The molecule has 4 aromatic carbocycles. The lowest BCUT2D eigenvalue weighted by Gasteiger charge is -2.22. The van der Waals surface area contributed by atoms with Gasteiger partial charge in [0.15, 0.2) is 0 Å². The molecule has 5 aromatic rings. The van der Waals surface area contributed by atoms with E-state index in [4.69, 9.17) is 4.74 Å². The van der Waals surface area contributed by atoms with E-state index in [2.05, 4.69) is 10.5 Å². The molecular formula is C33H31N5O5S. The Kier molecular flexibility index (Phi) is 9.06. The van der Waals surface area contributed by atoms with Crippen LogP contribution in [0.15, 0.2) is 130 Å². The third-order valence-corrected chi connectivity index (χ3v) is 8.68. The van der Waals surface area contributed by atoms with Gasteiger partial charge in [0.2, 0.25) is 0 Å². The molecule has 0 bridgehead atoms. The predicted molar refractivity (Wildman–Crippen MR) is 170 cm³/mol. The molecule has 0 saturated heterocycles. The van der Waals surface area contributed by atoms with Crippen LogP contribution in [0.3, 0.4) is 0 Å². The van der Waals surface area contributed by atoms with Crippen LogP contribution < -0.4 is 20.0 Å². The smallest absolute Gasteiger partial charge is 0.296 e. The van der Waals surface area contributed by atoms with Gasteiger partial charge in [0.1, 0.15) is 24.6 Å². The minimum atomic E-state index is -4.31. The summed E-state index contributed by atoms with van der Waals surface area (Å²) in [5.74, 6) is -0.0475. The topological polar surface area (TPSA) is 115 Å². The normalized spacial score (nSPS) is 11.4. The van der Waals surface area contributed by atoms with Gasteiger partial charge in [-0.1, -0.05) is 66.7 Å². The molecule has 0 saturated carbocycles. The Hall–Kier alpha value is -5.42. The van der Waals surface area contributed by atoms with Crippen LogP contribution >= 0.6 is 0 Å². The molecule has 10 nitrogen and oxygen atoms in total. The Bertz CT molecular complexity index is 1920. The van der Waals surface area contributed by atoms with Crippen LogP contribution in [-0.2, 0) is 28.5 Å². The number of hydrazone groups is 1. The zero-order chi connectivity index (χ0) is 31.1. The highest BCUT2D eigenvalue weighted by Crippen LogP contribution is 2.25. The van der Waals surface area contributed by atoms with Crippen molar-refractivity contribution >= 4 is 27.8 Å². The molecule has 44 heavy (non-hydrogen) atoms. The third kappa shape index (κ3) is 6.63. The number of nitrogens with one attached hydrogen (secondary N) is 1. The summed E-state index contributed by atoms with van der Waals surface area (Å²) in [6, 6.07) is 33.5. The van der Waals surface area contributed by atoms with Gasteiger partial charge in [0.05, 0.1) is 22.5 Å². The van der Waals surface area contributed by atoms with Crippen LogP contribution in [0, 0.1) is 6.92 Å². The number of rotatable bonds is 11. The number of amides is 1. The van der Waals surface area contributed by atoms with Gasteiger partial charge in [0, 0.05) is 7.05 Å². The lowest BCUT2D eigenvalue weighted by Crippen LogP contribution is -2.42. The molecule has 1 heterocycles. The first-order valence-electron chi connectivity index (χ1n) is 13.8. The van der Waals surface area contributed by atoms with Crippen molar-refractivity contribution in [2.75, 3.05) is 10.8 Å². The first-order chi connectivity index (χ1) is 21.3. The number of carbonyl (C=O) groups is 1. The lowest BCUT2D eigenvalue weighted by molar-refractivity contribution is -0.119. The number of hydrogen-bond acceptors (Lipinski definition) is 6. The molecule has 0 unspecified atom stereocenters. The van der Waals surface area contributed by atoms with Crippen molar-refractivity contribution in [3.8, 4) is 11.4 Å². The SMILES string of the molecule is Cc1c(N(CC(=O)N/N=C\c2ccc(OCc3ccccc3)cc2)S(=O)(=O)c2ccccc2)c(=O)n(-c2ccccc2)n1C. The van der Waals surface area contributed by atoms with Gasteiger partial charge in [-0.25, -0.2) is 22.8 Å². The maximum absolute atomic E-state index is 13.8. The van der Waals surface area contributed by atoms with Crippen molar-refractivity contribution < 1.29 is 17.9 Å². The Morgan fingerprint density at radius 1 is 0.886 bits per heavy atom. The molecule has 224 valence electrons. The quantitative estimate of drug-likeness (QED) is 0.176. The summed E-state index contributed by atoms with van der Waals surface area (Å²) in [4.78, 5) is 26.8. The molecule has 0 fully saturated rings. The molecule has 0 aliphatic carbocycles. The van der Waals surface area contributed by atoms with E-state index in [1.165, 1.54) is 23.0 Å². The average molecular weight is 610 g/mol. The summed E-state index contributed by atoms with van der Waals surface area (Å²) in [5.41, 5.74) is 4.33. The van der Waals surface area contributed by atoms with Gasteiger partial charge >= 0.3 is 0 Å². The van der Waals surface area contributed by atoms with E-state index in [1.807, 2.05) is 36.4 Å². The zero-order valence-corrected chi connectivity index (χ0v) is 25.0. The highest BCUT2D eigenvalue weighted by molar-refractivity contribution is 7.92. The minimum absolute atomic E-state index is 0.0558. The molecule has 1 N–H and O–H groups in total. The van der Waals surface area contributed by atoms with Gasteiger partial charge < -0.3 is 4.74 Å². The second kappa shape index (κ2) is 13.3. The molecule has 1 aromatic heterocycles. The fourth-order valence-electron chi connectivity index (χ4n) is 4.58. The molecule has 0 aliphatic rings. The molecule has 5 rings (SSSR count). The Balaban J connectivity index is 1.35. The molecule has 0 radical (unpaired) electrons. The van der Waals surface area contributed by atoms with Gasteiger partial charge in [-0.05, 0) is 66.6 Å². The average Bonchev–Trinajstić information content (AvgIpc) is 3.27. The summed E-state index contributed by atoms with van der Waals surface area (Å²) in [5, 5.41) is 4.01. The van der Waals surface area contributed by atoms with E-state index < -0.39 is 28.0 Å². The summed E-state index contributed by atoms with van der Waals surface area (Å²) in [6.07, 6.45) is 1.44. The number of para-hydroxylation sites is 1. The number of ether oxygens (including phenoxy) is 1. The fraction of sp³-hybridized carbons (Fsp3) is 0.121. The van der Waals surface area contributed by atoms with Gasteiger partial charge in [-0.15, -0.1) is 0 Å². The van der Waals surface area contributed by atoms with Crippen molar-refractivity contribution in [3.63, 3.8) is 0 Å². The molecule has 0 aliphatic heterocycles. The molecule has 0 atom stereocenters. The van der Waals surface area contributed by atoms with Crippen LogP contribution in [-0.4, -0.2) is 36.4 Å². The van der Waals surface area contributed by atoms with Crippen molar-refractivity contribution in [2.24, 2.45) is 12.1 Å². The zero-order valence-electron chi connectivity index (χ0n) is 24.2. The molecule has 0 spiro atoms. The first kappa shape index (κ1) is 30.1. The molecular weight excluding hydrogens is 578 g/mol. The number of aromatic nitrogens is 2. The summed E-state index contributed by atoms with van der Waals surface area (Å²) >= 11 is 0. The maximum Gasteiger partial charge on any atom is 0.296 e. The number of anilines is 1. The highest BCUT2D eigenvalue weighted by Gasteiger charge is 2.33. The largest absolute Gasteiger partial charge is 0.489 e. The van der Waals surface area contributed by atoms with E-state index >= 15 is 0 Å². The summed E-state index contributed by atoms with van der Waals surface area (Å²) in [7, 11) is -2.65. The second-order valence-corrected chi connectivity index (χ2v) is 11.7. The lowest BCUT2D eigenvalue weighted by atomic mass is 10.2. The van der Waals surface area contributed by atoms with Crippen LogP contribution in [0.4, 0.5) is 5.69 Å². The van der Waals surface area contributed by atoms with E-state index in [0.717, 1.165) is 9.87 Å². The standard InChI is InChI=1S/C33H31N5O5S/c1-25-32(33(40)38(36(25)2)28-14-8-4-9-15-28)37(44(41,42)30-16-10-5-11-17-30)23-31(39)35-34-22-26-18-20-29(21-19-26)43-24-27-12-6-3-7-13-27/h3-22H,23-24H2,1-2H3,(H,35,39)/b34-22-. The van der Waals surface area contributed by atoms with Crippen molar-refractivity contribution in [3.05, 3.63) is 142 Å². The van der Waals surface area contributed by atoms with Gasteiger partial charge in [0.25, 0.3) is 21.5 Å². The van der Waals surface area contributed by atoms with E-state index in [9.17, 15) is 18.0 Å². The third-order valence-electron chi connectivity index (χ3n) is 6.92. The number of hydrogen-bond donors (Lipinski definition) is 1.